The molecule has 0 fully saturated rings. The molecule has 0 amide bonds. The zero-order valence-corrected chi connectivity index (χ0v) is 10.2. The molecular formula is C12H14N4O2. The van der Waals surface area contributed by atoms with E-state index in [0.29, 0.717) is 11.6 Å². The van der Waals surface area contributed by atoms with Gasteiger partial charge in [0.15, 0.2) is 0 Å². The van der Waals surface area contributed by atoms with Crippen molar-refractivity contribution < 1.29 is 9.90 Å². The van der Waals surface area contributed by atoms with Gasteiger partial charge in [-0.3, -0.25) is 4.79 Å². The fourth-order valence-corrected chi connectivity index (χ4v) is 1.63. The Morgan fingerprint density at radius 2 is 2.28 bits per heavy atom. The lowest BCUT2D eigenvalue weighted by atomic mass is 10.2. The zero-order valence-electron chi connectivity index (χ0n) is 10.2. The smallest absolute Gasteiger partial charge is 0.322 e. The minimum Gasteiger partial charge on any atom is -0.480 e. The Labute approximate surface area is 104 Å². The molecule has 0 atom stereocenters. The van der Waals surface area contributed by atoms with Gasteiger partial charge >= 0.3 is 5.97 Å². The van der Waals surface area contributed by atoms with Crippen LogP contribution in [0.15, 0.2) is 24.5 Å². The molecule has 2 heterocycles. The van der Waals surface area contributed by atoms with Crippen LogP contribution in [0.2, 0.25) is 0 Å². The number of carboxylic acid groups (broad SMARTS) is 1. The van der Waals surface area contributed by atoms with Crippen molar-refractivity contribution in [2.45, 2.75) is 6.92 Å². The average molecular weight is 246 g/mol. The first-order valence-electron chi connectivity index (χ1n) is 5.48. The Balaban J connectivity index is 2.29. The summed E-state index contributed by atoms with van der Waals surface area (Å²) in [6, 6.07) is 3.69. The number of carboxylic acids is 1. The van der Waals surface area contributed by atoms with Crippen LogP contribution in [0.4, 0.5) is 5.82 Å². The van der Waals surface area contributed by atoms with Crippen molar-refractivity contribution in [1.29, 1.82) is 0 Å². The van der Waals surface area contributed by atoms with E-state index in [2.05, 4.69) is 15.3 Å². The number of aromatic nitrogens is 3. The number of aliphatic carboxylic acids is 1. The molecule has 6 nitrogen and oxygen atoms in total. The lowest BCUT2D eigenvalue weighted by molar-refractivity contribution is -0.134. The van der Waals surface area contributed by atoms with Crippen LogP contribution < -0.4 is 5.32 Å². The molecule has 0 bridgehead atoms. The van der Waals surface area contributed by atoms with Gasteiger partial charge in [-0.25, -0.2) is 9.97 Å². The summed E-state index contributed by atoms with van der Waals surface area (Å²) < 4.78 is 1.93. The highest BCUT2D eigenvalue weighted by Crippen LogP contribution is 2.19. The van der Waals surface area contributed by atoms with Crippen LogP contribution in [0.25, 0.3) is 11.3 Å². The molecule has 2 aromatic heterocycles. The van der Waals surface area contributed by atoms with Crippen molar-refractivity contribution in [2.24, 2.45) is 7.05 Å². The molecule has 94 valence electrons. The molecule has 0 unspecified atom stereocenters. The molecule has 2 N–H and O–H groups in total. The zero-order chi connectivity index (χ0) is 13.1. The standard InChI is InChI=1S/C12H14N4O2/c1-8-14-10(9-3-4-16(2)7-9)5-11(15-8)13-6-12(17)18/h3-5,7H,6H2,1-2H3,(H,17,18)(H,13,14,15). The SMILES string of the molecule is Cc1nc(NCC(=O)O)cc(-c2ccn(C)c2)n1. The molecule has 0 aliphatic carbocycles. The molecule has 0 aliphatic rings. The van der Waals surface area contributed by atoms with E-state index < -0.39 is 5.97 Å². The van der Waals surface area contributed by atoms with Crippen molar-refractivity contribution in [3.05, 3.63) is 30.4 Å². The van der Waals surface area contributed by atoms with Gasteiger partial charge in [-0.05, 0) is 13.0 Å². The van der Waals surface area contributed by atoms with Gasteiger partial charge < -0.3 is 15.0 Å². The number of hydrogen-bond acceptors (Lipinski definition) is 4. The summed E-state index contributed by atoms with van der Waals surface area (Å²) in [6.45, 7) is 1.61. The van der Waals surface area contributed by atoms with Crippen molar-refractivity contribution in [3.63, 3.8) is 0 Å². The van der Waals surface area contributed by atoms with E-state index in [9.17, 15) is 4.79 Å². The van der Waals surface area contributed by atoms with E-state index in [1.165, 1.54) is 0 Å². The second-order valence-corrected chi connectivity index (χ2v) is 4.00. The molecule has 2 aromatic rings. The third-order valence-corrected chi connectivity index (χ3v) is 2.39. The normalized spacial score (nSPS) is 10.3. The Hall–Kier alpha value is -2.37. The minimum atomic E-state index is -0.924. The lowest BCUT2D eigenvalue weighted by Gasteiger charge is -2.06. The Kier molecular flexibility index (Phi) is 3.27. The molecule has 0 aliphatic heterocycles. The third kappa shape index (κ3) is 2.85. The first-order valence-corrected chi connectivity index (χ1v) is 5.48. The Bertz CT molecular complexity index is 577. The molecule has 0 saturated carbocycles. The van der Waals surface area contributed by atoms with Crippen molar-refractivity contribution in [3.8, 4) is 11.3 Å². The fraction of sp³-hybridized carbons (Fsp3) is 0.250. The Morgan fingerprint density at radius 3 is 2.89 bits per heavy atom. The lowest BCUT2D eigenvalue weighted by Crippen LogP contribution is -2.13. The summed E-state index contributed by atoms with van der Waals surface area (Å²) in [5, 5.41) is 11.4. The summed E-state index contributed by atoms with van der Waals surface area (Å²) in [7, 11) is 1.93. The number of nitrogens with one attached hydrogen (secondary N) is 1. The van der Waals surface area contributed by atoms with Gasteiger partial charge in [0.2, 0.25) is 0 Å². The summed E-state index contributed by atoms with van der Waals surface area (Å²) in [5.41, 5.74) is 1.75. The van der Waals surface area contributed by atoms with E-state index in [0.717, 1.165) is 11.3 Å². The topological polar surface area (TPSA) is 80.0 Å². The van der Waals surface area contributed by atoms with Crippen LogP contribution in [-0.4, -0.2) is 32.2 Å². The first kappa shape index (κ1) is 12.1. The number of rotatable bonds is 4. The van der Waals surface area contributed by atoms with E-state index in [1.807, 2.05) is 30.1 Å². The van der Waals surface area contributed by atoms with Crippen LogP contribution in [-0.2, 0) is 11.8 Å². The van der Waals surface area contributed by atoms with Gasteiger partial charge in [-0.1, -0.05) is 0 Å². The largest absolute Gasteiger partial charge is 0.480 e. The second-order valence-electron chi connectivity index (χ2n) is 4.00. The first-order chi connectivity index (χ1) is 8.54. The quantitative estimate of drug-likeness (QED) is 0.849. The molecule has 6 heteroatoms. The van der Waals surface area contributed by atoms with Gasteiger partial charge in [0, 0.05) is 31.1 Å². The maximum Gasteiger partial charge on any atom is 0.322 e. The van der Waals surface area contributed by atoms with Gasteiger partial charge in [-0.2, -0.15) is 0 Å². The molecule has 0 radical (unpaired) electrons. The molecular weight excluding hydrogens is 232 g/mol. The third-order valence-electron chi connectivity index (χ3n) is 2.39. The van der Waals surface area contributed by atoms with E-state index >= 15 is 0 Å². The number of nitrogens with zero attached hydrogens (tertiary/aromatic N) is 3. The van der Waals surface area contributed by atoms with Crippen LogP contribution >= 0.6 is 0 Å². The molecule has 0 spiro atoms. The second kappa shape index (κ2) is 4.87. The van der Waals surface area contributed by atoms with Crippen LogP contribution in [0.3, 0.4) is 0 Å². The molecule has 0 aromatic carbocycles. The van der Waals surface area contributed by atoms with Crippen molar-refractivity contribution in [1.82, 2.24) is 14.5 Å². The number of anilines is 1. The predicted octanol–water partition coefficient (Wildman–Crippen LogP) is 1.29. The molecule has 2 rings (SSSR count). The number of carbonyl (C=O) groups is 1. The van der Waals surface area contributed by atoms with Crippen LogP contribution in [0.5, 0.6) is 0 Å². The monoisotopic (exact) mass is 246 g/mol. The van der Waals surface area contributed by atoms with Gasteiger partial charge in [0.05, 0.1) is 5.69 Å². The van der Waals surface area contributed by atoms with Crippen molar-refractivity contribution >= 4 is 11.8 Å². The highest BCUT2D eigenvalue weighted by atomic mass is 16.4. The summed E-state index contributed by atoms with van der Waals surface area (Å²) >= 11 is 0. The Morgan fingerprint density at radius 1 is 1.50 bits per heavy atom. The minimum absolute atomic E-state index is 0.162. The predicted molar refractivity (Wildman–Crippen MR) is 67.3 cm³/mol. The van der Waals surface area contributed by atoms with Crippen LogP contribution in [0, 0.1) is 6.92 Å². The fourth-order valence-electron chi connectivity index (χ4n) is 1.63. The van der Waals surface area contributed by atoms with Crippen molar-refractivity contribution in [2.75, 3.05) is 11.9 Å². The highest BCUT2D eigenvalue weighted by Gasteiger charge is 2.06. The number of aryl methyl sites for hydroxylation is 2. The van der Waals surface area contributed by atoms with Gasteiger partial charge in [0.1, 0.15) is 18.2 Å². The number of hydrogen-bond donors (Lipinski definition) is 2. The highest BCUT2D eigenvalue weighted by molar-refractivity contribution is 5.72. The molecule has 18 heavy (non-hydrogen) atoms. The van der Waals surface area contributed by atoms with Gasteiger partial charge in [-0.15, -0.1) is 0 Å². The average Bonchev–Trinajstić information content (AvgIpc) is 2.72. The van der Waals surface area contributed by atoms with E-state index in [-0.39, 0.29) is 6.54 Å². The maximum atomic E-state index is 10.5. The summed E-state index contributed by atoms with van der Waals surface area (Å²) in [6.07, 6.45) is 3.87. The van der Waals surface area contributed by atoms with Gasteiger partial charge in [0.25, 0.3) is 0 Å². The maximum absolute atomic E-state index is 10.5. The van der Waals surface area contributed by atoms with Crippen LogP contribution in [0.1, 0.15) is 5.82 Å². The summed E-state index contributed by atoms with van der Waals surface area (Å²) in [4.78, 5) is 19.0. The molecule has 0 saturated heterocycles. The summed E-state index contributed by atoms with van der Waals surface area (Å²) in [5.74, 6) is 0.195. The van der Waals surface area contributed by atoms with E-state index in [4.69, 9.17) is 5.11 Å². The van der Waals surface area contributed by atoms with E-state index in [1.54, 1.807) is 13.0 Å².